The quantitative estimate of drug-likeness (QED) is 0.922. The molecule has 0 fully saturated rings. The van der Waals surface area contributed by atoms with Crippen LogP contribution in [0.3, 0.4) is 0 Å². The monoisotopic (exact) mass is 267 g/mol. The Bertz CT molecular complexity index is 537. The molecule has 1 heterocycles. The molecule has 2 rings (SSSR count). The highest BCUT2D eigenvalue weighted by Crippen LogP contribution is 2.20. The van der Waals surface area contributed by atoms with Gasteiger partial charge in [0.1, 0.15) is 5.82 Å². The minimum absolute atomic E-state index is 0.327. The molecule has 0 atom stereocenters. The Kier molecular flexibility index (Phi) is 3.99. The third kappa shape index (κ3) is 3.09. The maximum Gasteiger partial charge on any atom is 0.125 e. The molecule has 96 valence electrons. The molecule has 1 aromatic heterocycles. The van der Waals surface area contributed by atoms with Gasteiger partial charge in [0.2, 0.25) is 0 Å². The molecule has 18 heavy (non-hydrogen) atoms. The van der Waals surface area contributed by atoms with Crippen molar-refractivity contribution in [3.63, 3.8) is 0 Å². The van der Waals surface area contributed by atoms with Crippen LogP contribution < -0.4 is 5.32 Å². The summed E-state index contributed by atoms with van der Waals surface area (Å²) in [6.07, 6.45) is 1.78. The van der Waals surface area contributed by atoms with Gasteiger partial charge in [0.05, 0.1) is 16.4 Å². The molecule has 5 heteroatoms. The molecule has 0 bridgehead atoms. The van der Waals surface area contributed by atoms with Crippen molar-refractivity contribution in [2.45, 2.75) is 26.4 Å². The predicted molar refractivity (Wildman–Crippen MR) is 70.5 cm³/mol. The molecule has 2 aromatic rings. The summed E-state index contributed by atoms with van der Waals surface area (Å²) in [5.74, 6) is -0.327. The number of hydrogen-bond acceptors (Lipinski definition) is 2. The Labute approximate surface area is 111 Å². The lowest BCUT2D eigenvalue weighted by atomic mass is 10.3. The maximum atomic E-state index is 13.2. The van der Waals surface area contributed by atoms with Gasteiger partial charge in [-0.3, -0.25) is 0 Å². The molecular formula is C13H15ClFN3. The summed E-state index contributed by atoms with van der Waals surface area (Å²) < 4.78 is 14.8. The number of hydrogen-bond donors (Lipinski definition) is 1. The van der Waals surface area contributed by atoms with E-state index < -0.39 is 0 Å². The van der Waals surface area contributed by atoms with Crippen LogP contribution in [0.4, 0.5) is 4.39 Å². The van der Waals surface area contributed by atoms with Crippen molar-refractivity contribution in [2.24, 2.45) is 0 Å². The van der Waals surface area contributed by atoms with Crippen LogP contribution in [0.5, 0.6) is 0 Å². The van der Waals surface area contributed by atoms with Gasteiger partial charge in [0, 0.05) is 24.8 Å². The number of rotatable bonds is 4. The second-order valence-electron chi connectivity index (χ2n) is 4.38. The van der Waals surface area contributed by atoms with E-state index in [9.17, 15) is 4.39 Å². The number of nitrogens with zero attached hydrogens (tertiary/aromatic N) is 2. The fourth-order valence-corrected chi connectivity index (χ4v) is 1.76. The van der Waals surface area contributed by atoms with E-state index >= 15 is 0 Å². The average molecular weight is 268 g/mol. The van der Waals surface area contributed by atoms with Gasteiger partial charge in [-0.05, 0) is 18.2 Å². The van der Waals surface area contributed by atoms with Crippen LogP contribution in [0.1, 0.15) is 19.5 Å². The molecule has 0 aliphatic carbocycles. The topological polar surface area (TPSA) is 29.9 Å². The summed E-state index contributed by atoms with van der Waals surface area (Å²) in [7, 11) is 0. The Hall–Kier alpha value is -1.39. The molecule has 1 N–H and O–H groups in total. The number of halogens is 2. The van der Waals surface area contributed by atoms with Gasteiger partial charge < -0.3 is 5.32 Å². The highest BCUT2D eigenvalue weighted by atomic mass is 35.5. The SMILES string of the molecule is CC(C)NCc1ccn(-c2cc(F)ccc2Cl)n1. The second-order valence-corrected chi connectivity index (χ2v) is 4.79. The lowest BCUT2D eigenvalue weighted by Gasteiger charge is -2.06. The summed E-state index contributed by atoms with van der Waals surface area (Å²) in [5.41, 5.74) is 1.44. The third-order valence-electron chi connectivity index (χ3n) is 2.49. The third-order valence-corrected chi connectivity index (χ3v) is 2.81. The minimum atomic E-state index is -0.327. The van der Waals surface area contributed by atoms with Crippen LogP contribution in [0.15, 0.2) is 30.5 Å². The number of aromatic nitrogens is 2. The minimum Gasteiger partial charge on any atom is -0.309 e. The fourth-order valence-electron chi connectivity index (χ4n) is 1.56. The number of benzene rings is 1. The lowest BCUT2D eigenvalue weighted by molar-refractivity contribution is 0.577. The van der Waals surface area contributed by atoms with Crippen LogP contribution in [0.2, 0.25) is 5.02 Å². The summed E-state index contributed by atoms with van der Waals surface area (Å²) in [5, 5.41) is 8.10. The molecule has 0 amide bonds. The van der Waals surface area contributed by atoms with Crippen molar-refractivity contribution >= 4 is 11.6 Å². The molecule has 0 aliphatic heterocycles. The molecule has 0 spiro atoms. The van der Waals surface area contributed by atoms with Gasteiger partial charge in [0.15, 0.2) is 0 Å². The van der Waals surface area contributed by atoms with E-state index in [-0.39, 0.29) is 5.82 Å². The molecule has 0 aliphatic rings. The smallest absolute Gasteiger partial charge is 0.125 e. The Morgan fingerprint density at radius 3 is 2.89 bits per heavy atom. The molecule has 0 saturated heterocycles. The van der Waals surface area contributed by atoms with Crippen molar-refractivity contribution < 1.29 is 4.39 Å². The fraction of sp³-hybridized carbons (Fsp3) is 0.308. The van der Waals surface area contributed by atoms with Crippen molar-refractivity contribution in [2.75, 3.05) is 0 Å². The number of nitrogens with one attached hydrogen (secondary N) is 1. The van der Waals surface area contributed by atoms with Crippen LogP contribution in [-0.2, 0) is 6.54 Å². The summed E-state index contributed by atoms with van der Waals surface area (Å²) in [4.78, 5) is 0. The van der Waals surface area contributed by atoms with E-state index in [1.165, 1.54) is 18.2 Å². The molecule has 3 nitrogen and oxygen atoms in total. The Morgan fingerprint density at radius 2 is 2.17 bits per heavy atom. The summed E-state index contributed by atoms with van der Waals surface area (Å²) in [6.45, 7) is 4.82. The van der Waals surface area contributed by atoms with Crippen LogP contribution >= 0.6 is 11.6 Å². The first-order valence-electron chi connectivity index (χ1n) is 5.79. The molecule has 0 saturated carbocycles. The maximum absolute atomic E-state index is 13.2. The van der Waals surface area contributed by atoms with Gasteiger partial charge in [-0.25, -0.2) is 9.07 Å². The Morgan fingerprint density at radius 1 is 1.39 bits per heavy atom. The molecule has 0 radical (unpaired) electrons. The van der Waals surface area contributed by atoms with E-state index in [4.69, 9.17) is 11.6 Å². The first-order valence-corrected chi connectivity index (χ1v) is 6.17. The van der Waals surface area contributed by atoms with Crippen molar-refractivity contribution in [3.8, 4) is 5.69 Å². The molecule has 0 unspecified atom stereocenters. The zero-order chi connectivity index (χ0) is 13.1. The van der Waals surface area contributed by atoms with Crippen molar-refractivity contribution in [1.82, 2.24) is 15.1 Å². The van der Waals surface area contributed by atoms with Crippen LogP contribution in [-0.4, -0.2) is 15.8 Å². The van der Waals surface area contributed by atoms with E-state index in [1.54, 1.807) is 10.9 Å². The van der Waals surface area contributed by atoms with Gasteiger partial charge in [0.25, 0.3) is 0 Å². The largest absolute Gasteiger partial charge is 0.309 e. The van der Waals surface area contributed by atoms with Gasteiger partial charge >= 0.3 is 0 Å². The van der Waals surface area contributed by atoms with Crippen molar-refractivity contribution in [1.29, 1.82) is 0 Å². The van der Waals surface area contributed by atoms with Crippen molar-refractivity contribution in [3.05, 3.63) is 47.0 Å². The van der Waals surface area contributed by atoms with Crippen LogP contribution in [0.25, 0.3) is 5.69 Å². The average Bonchev–Trinajstić information content (AvgIpc) is 2.78. The lowest BCUT2D eigenvalue weighted by Crippen LogP contribution is -2.22. The van der Waals surface area contributed by atoms with E-state index in [0.29, 0.717) is 23.3 Å². The zero-order valence-corrected chi connectivity index (χ0v) is 11.1. The first-order chi connectivity index (χ1) is 8.56. The first kappa shape index (κ1) is 13.1. The summed E-state index contributed by atoms with van der Waals surface area (Å²) >= 11 is 6.02. The zero-order valence-electron chi connectivity index (χ0n) is 10.3. The summed E-state index contributed by atoms with van der Waals surface area (Å²) in [6, 6.07) is 6.51. The van der Waals surface area contributed by atoms with Gasteiger partial charge in [-0.1, -0.05) is 25.4 Å². The van der Waals surface area contributed by atoms with E-state index in [1.807, 2.05) is 6.07 Å². The highest BCUT2D eigenvalue weighted by Gasteiger charge is 2.07. The van der Waals surface area contributed by atoms with Gasteiger partial charge in [-0.15, -0.1) is 0 Å². The van der Waals surface area contributed by atoms with Gasteiger partial charge in [-0.2, -0.15) is 5.10 Å². The van der Waals surface area contributed by atoms with E-state index in [0.717, 1.165) is 5.69 Å². The molecule has 1 aromatic carbocycles. The van der Waals surface area contributed by atoms with E-state index in [2.05, 4.69) is 24.3 Å². The highest BCUT2D eigenvalue weighted by molar-refractivity contribution is 6.32. The second kappa shape index (κ2) is 5.50. The molecular weight excluding hydrogens is 253 g/mol. The normalized spacial score (nSPS) is 11.2. The predicted octanol–water partition coefficient (Wildman–Crippen LogP) is 3.16. The standard InChI is InChI=1S/C13H15ClFN3/c1-9(2)16-8-11-5-6-18(17-11)13-7-10(15)3-4-12(13)14/h3-7,9,16H,8H2,1-2H3. The Balaban J connectivity index is 2.21. The van der Waals surface area contributed by atoms with Crippen LogP contribution in [0, 0.1) is 5.82 Å².